The third kappa shape index (κ3) is 3.52. The van der Waals surface area contributed by atoms with Crippen molar-refractivity contribution in [2.45, 2.75) is 6.42 Å². The van der Waals surface area contributed by atoms with E-state index in [2.05, 4.69) is 20.3 Å². The second-order valence-electron chi connectivity index (χ2n) is 5.75. The molecule has 0 saturated carbocycles. The maximum atomic E-state index is 12.3. The monoisotopic (exact) mass is 361 g/mol. The Kier molecular flexibility index (Phi) is 4.28. The molecule has 0 unspecified atom stereocenters. The minimum Gasteiger partial charge on any atom is -0.399 e. The number of anilines is 2. The number of nitrogen functional groups attached to an aromatic ring is 1. The summed E-state index contributed by atoms with van der Waals surface area (Å²) in [6.07, 6.45) is 3.61. The number of nitrogens with two attached hydrogens (primary N) is 1. The van der Waals surface area contributed by atoms with E-state index in [1.54, 1.807) is 18.5 Å². The van der Waals surface area contributed by atoms with Crippen molar-refractivity contribution in [3.05, 3.63) is 65.9 Å². The van der Waals surface area contributed by atoms with Crippen LogP contribution in [0.5, 0.6) is 0 Å². The van der Waals surface area contributed by atoms with Crippen LogP contribution in [0.4, 0.5) is 10.8 Å². The summed E-state index contributed by atoms with van der Waals surface area (Å²) in [5.74, 6) is -0.150. The maximum absolute atomic E-state index is 12.3. The number of nitrogens with zero attached hydrogens (tertiary/aromatic N) is 3. The first-order chi connectivity index (χ1) is 12.7. The average molecular weight is 361 g/mol. The first-order valence-electron chi connectivity index (χ1n) is 7.98. The number of carbonyl (C=O) groups excluding carboxylic acids is 1. The summed E-state index contributed by atoms with van der Waals surface area (Å²) in [6.45, 7) is 0. The highest BCUT2D eigenvalue weighted by Gasteiger charge is 2.10. The predicted octanol–water partition coefficient (Wildman–Crippen LogP) is 3.52. The van der Waals surface area contributed by atoms with Crippen LogP contribution >= 0.6 is 11.3 Å². The number of rotatable bonds is 4. The van der Waals surface area contributed by atoms with Gasteiger partial charge in [0.1, 0.15) is 0 Å². The number of fused-ring (bicyclic) bond motifs is 1. The summed E-state index contributed by atoms with van der Waals surface area (Å²) in [5.41, 5.74) is 9.76. The van der Waals surface area contributed by atoms with Gasteiger partial charge >= 0.3 is 0 Å². The van der Waals surface area contributed by atoms with Gasteiger partial charge in [-0.1, -0.05) is 6.07 Å². The van der Waals surface area contributed by atoms with E-state index in [0.717, 1.165) is 22.2 Å². The molecular weight excluding hydrogens is 346 g/mol. The third-order valence-electron chi connectivity index (χ3n) is 3.84. The van der Waals surface area contributed by atoms with E-state index in [0.29, 0.717) is 16.5 Å². The highest BCUT2D eigenvalue weighted by molar-refractivity contribution is 7.14. The highest BCUT2D eigenvalue weighted by Crippen LogP contribution is 2.24. The molecule has 0 aliphatic carbocycles. The van der Waals surface area contributed by atoms with Gasteiger partial charge in [0.25, 0.3) is 0 Å². The van der Waals surface area contributed by atoms with Gasteiger partial charge in [0.2, 0.25) is 5.91 Å². The van der Waals surface area contributed by atoms with Crippen LogP contribution in [0.3, 0.4) is 0 Å². The van der Waals surface area contributed by atoms with E-state index >= 15 is 0 Å². The fourth-order valence-electron chi connectivity index (χ4n) is 2.60. The van der Waals surface area contributed by atoms with Gasteiger partial charge in [-0.15, -0.1) is 11.3 Å². The number of aromatic nitrogens is 3. The van der Waals surface area contributed by atoms with Crippen molar-refractivity contribution in [1.29, 1.82) is 0 Å². The molecule has 3 heterocycles. The first-order valence-corrected chi connectivity index (χ1v) is 8.86. The average Bonchev–Trinajstić information content (AvgIpc) is 3.11. The summed E-state index contributed by atoms with van der Waals surface area (Å²) >= 11 is 1.39. The van der Waals surface area contributed by atoms with Crippen LogP contribution in [0.25, 0.3) is 22.2 Å². The van der Waals surface area contributed by atoms with Gasteiger partial charge in [0.15, 0.2) is 5.13 Å². The Morgan fingerprint density at radius 3 is 2.77 bits per heavy atom. The van der Waals surface area contributed by atoms with E-state index in [4.69, 9.17) is 5.73 Å². The van der Waals surface area contributed by atoms with Crippen LogP contribution in [0.1, 0.15) is 5.69 Å². The molecule has 0 saturated heterocycles. The van der Waals surface area contributed by atoms with E-state index in [1.807, 2.05) is 41.8 Å². The third-order valence-corrected chi connectivity index (χ3v) is 4.60. The lowest BCUT2D eigenvalue weighted by Crippen LogP contribution is -2.15. The van der Waals surface area contributed by atoms with Crippen molar-refractivity contribution in [3.63, 3.8) is 0 Å². The topological polar surface area (TPSA) is 93.8 Å². The Balaban J connectivity index is 1.46. The summed E-state index contributed by atoms with van der Waals surface area (Å²) < 4.78 is 0. The van der Waals surface area contributed by atoms with Gasteiger partial charge in [-0.25, -0.2) is 4.98 Å². The summed E-state index contributed by atoms with van der Waals surface area (Å²) in [6, 6.07) is 13.0. The van der Waals surface area contributed by atoms with E-state index in [-0.39, 0.29) is 12.3 Å². The molecule has 0 spiro atoms. The molecule has 0 bridgehead atoms. The number of hydrogen-bond donors (Lipinski definition) is 2. The molecule has 7 heteroatoms. The fourth-order valence-corrected chi connectivity index (χ4v) is 3.33. The van der Waals surface area contributed by atoms with Crippen LogP contribution in [0.2, 0.25) is 0 Å². The zero-order valence-electron chi connectivity index (χ0n) is 13.7. The Bertz CT molecular complexity index is 1080. The van der Waals surface area contributed by atoms with Crippen LogP contribution in [0, 0.1) is 0 Å². The number of benzene rings is 1. The molecule has 0 fully saturated rings. The Labute approximate surface area is 153 Å². The van der Waals surface area contributed by atoms with E-state index in [1.165, 1.54) is 11.3 Å². The summed E-state index contributed by atoms with van der Waals surface area (Å²) in [4.78, 5) is 25.3. The highest BCUT2D eigenvalue weighted by atomic mass is 32.1. The minimum atomic E-state index is -0.150. The van der Waals surface area contributed by atoms with Crippen LogP contribution in [-0.2, 0) is 11.2 Å². The number of hydrogen-bond acceptors (Lipinski definition) is 6. The molecule has 26 heavy (non-hydrogen) atoms. The Morgan fingerprint density at radius 2 is 1.92 bits per heavy atom. The van der Waals surface area contributed by atoms with Gasteiger partial charge in [0, 0.05) is 34.4 Å². The van der Waals surface area contributed by atoms with Crippen molar-refractivity contribution >= 4 is 39.0 Å². The molecule has 128 valence electrons. The molecule has 3 aromatic heterocycles. The van der Waals surface area contributed by atoms with Gasteiger partial charge in [-0.2, -0.15) is 0 Å². The van der Waals surface area contributed by atoms with Crippen molar-refractivity contribution < 1.29 is 4.79 Å². The standard InChI is InChI=1S/C19H15N5OS/c20-14-2-4-16-13(9-14)1-3-15(22-16)10-18(25)24-19-23-17(11-26-19)12-5-7-21-8-6-12/h1-9,11H,10,20H2,(H,23,24,25). The van der Waals surface area contributed by atoms with Gasteiger partial charge in [-0.05, 0) is 36.4 Å². The summed E-state index contributed by atoms with van der Waals surface area (Å²) in [7, 11) is 0. The van der Waals surface area contributed by atoms with Gasteiger partial charge in [0.05, 0.1) is 23.3 Å². The molecule has 0 radical (unpaired) electrons. The number of pyridine rings is 2. The quantitative estimate of drug-likeness (QED) is 0.543. The molecule has 4 rings (SSSR count). The maximum Gasteiger partial charge on any atom is 0.232 e. The zero-order valence-corrected chi connectivity index (χ0v) is 14.5. The number of thiazole rings is 1. The zero-order chi connectivity index (χ0) is 17.9. The van der Waals surface area contributed by atoms with Crippen LogP contribution < -0.4 is 11.1 Å². The van der Waals surface area contributed by atoms with Crippen molar-refractivity contribution in [2.24, 2.45) is 0 Å². The number of carbonyl (C=O) groups is 1. The molecule has 6 nitrogen and oxygen atoms in total. The molecule has 0 atom stereocenters. The second-order valence-corrected chi connectivity index (χ2v) is 6.61. The Hall–Kier alpha value is -3.32. The lowest BCUT2D eigenvalue weighted by atomic mass is 10.1. The van der Waals surface area contributed by atoms with Crippen molar-refractivity contribution in [1.82, 2.24) is 15.0 Å². The first kappa shape index (κ1) is 16.2. The molecule has 1 amide bonds. The normalized spacial score (nSPS) is 10.8. The molecule has 0 aliphatic rings. The fraction of sp³-hybridized carbons (Fsp3) is 0.0526. The summed E-state index contributed by atoms with van der Waals surface area (Å²) in [5, 5.41) is 6.26. The van der Waals surface area contributed by atoms with Gasteiger partial charge in [-0.3, -0.25) is 14.8 Å². The number of amides is 1. The molecule has 0 aliphatic heterocycles. The molecule has 1 aromatic carbocycles. The predicted molar refractivity (Wildman–Crippen MR) is 104 cm³/mol. The van der Waals surface area contributed by atoms with E-state index in [9.17, 15) is 4.79 Å². The molecule has 3 N–H and O–H groups in total. The van der Waals surface area contributed by atoms with Crippen LogP contribution in [0.15, 0.2) is 60.2 Å². The molecular formula is C19H15N5OS. The largest absolute Gasteiger partial charge is 0.399 e. The lowest BCUT2D eigenvalue weighted by Gasteiger charge is -2.04. The smallest absolute Gasteiger partial charge is 0.232 e. The van der Waals surface area contributed by atoms with Gasteiger partial charge < -0.3 is 11.1 Å². The number of nitrogens with one attached hydrogen (secondary N) is 1. The molecule has 4 aromatic rings. The minimum absolute atomic E-state index is 0.150. The van der Waals surface area contributed by atoms with Crippen LogP contribution in [-0.4, -0.2) is 20.9 Å². The lowest BCUT2D eigenvalue weighted by molar-refractivity contribution is -0.115. The van der Waals surface area contributed by atoms with E-state index < -0.39 is 0 Å². The van der Waals surface area contributed by atoms with Crippen molar-refractivity contribution in [2.75, 3.05) is 11.1 Å². The second kappa shape index (κ2) is 6.89. The SMILES string of the molecule is Nc1ccc2nc(CC(=O)Nc3nc(-c4ccncc4)cs3)ccc2c1. The Morgan fingerprint density at radius 1 is 1.08 bits per heavy atom. The van der Waals surface area contributed by atoms with Crippen molar-refractivity contribution in [3.8, 4) is 11.3 Å².